The molecule has 5 nitrogen and oxygen atoms in total. The number of nitrogens with two attached hydrogens (primary N) is 1. The van der Waals surface area contributed by atoms with Gasteiger partial charge in [0.1, 0.15) is 5.75 Å². The van der Waals surface area contributed by atoms with Gasteiger partial charge in [-0.25, -0.2) is 0 Å². The monoisotopic (exact) mass is 344 g/mol. The second-order valence-electron chi connectivity index (χ2n) is 6.15. The Balaban J connectivity index is 1.77. The van der Waals surface area contributed by atoms with E-state index in [0.29, 0.717) is 6.61 Å². The standard InChI is InChI=1S/C20H28N2O3/c1-15-12-17(7-8-18(15)21)25-11-5-10-22(2)14-16-6-9-19(23-3)20(13-16)24-4/h6-9,12-13H,5,10-11,14,21H2,1-4H3. The van der Waals surface area contributed by atoms with Crippen LogP contribution in [0.2, 0.25) is 0 Å². The average Bonchev–Trinajstić information content (AvgIpc) is 2.61. The van der Waals surface area contributed by atoms with Gasteiger partial charge in [-0.05, 0) is 61.9 Å². The third-order valence-electron chi connectivity index (χ3n) is 4.09. The van der Waals surface area contributed by atoms with Crippen molar-refractivity contribution in [2.45, 2.75) is 19.9 Å². The number of ether oxygens (including phenoxy) is 3. The minimum Gasteiger partial charge on any atom is -0.494 e. The fourth-order valence-corrected chi connectivity index (χ4v) is 2.63. The summed E-state index contributed by atoms with van der Waals surface area (Å²) in [6.07, 6.45) is 0.952. The maximum Gasteiger partial charge on any atom is 0.161 e. The predicted molar refractivity (Wildman–Crippen MR) is 102 cm³/mol. The lowest BCUT2D eigenvalue weighted by molar-refractivity contribution is 0.258. The highest BCUT2D eigenvalue weighted by Gasteiger charge is 2.07. The zero-order valence-electron chi connectivity index (χ0n) is 15.5. The molecule has 0 amide bonds. The first-order valence-electron chi connectivity index (χ1n) is 8.42. The Bertz CT molecular complexity index is 689. The second kappa shape index (κ2) is 9.18. The number of nitrogens with zero attached hydrogens (tertiary/aromatic N) is 1. The van der Waals surface area contributed by atoms with E-state index in [9.17, 15) is 0 Å². The number of benzene rings is 2. The lowest BCUT2D eigenvalue weighted by Gasteiger charge is -2.18. The van der Waals surface area contributed by atoms with Crippen LogP contribution < -0.4 is 19.9 Å². The molecule has 2 aromatic rings. The summed E-state index contributed by atoms with van der Waals surface area (Å²) < 4.78 is 16.4. The second-order valence-corrected chi connectivity index (χ2v) is 6.15. The van der Waals surface area contributed by atoms with Crippen LogP contribution in [0.25, 0.3) is 0 Å². The Hall–Kier alpha value is -2.40. The number of methoxy groups -OCH3 is 2. The molecule has 2 aromatic carbocycles. The largest absolute Gasteiger partial charge is 0.494 e. The highest BCUT2D eigenvalue weighted by molar-refractivity contribution is 5.49. The van der Waals surface area contributed by atoms with Gasteiger partial charge in [-0.3, -0.25) is 0 Å². The van der Waals surface area contributed by atoms with Crippen LogP contribution in [0.15, 0.2) is 36.4 Å². The quantitative estimate of drug-likeness (QED) is 0.557. The van der Waals surface area contributed by atoms with Gasteiger partial charge in [0, 0.05) is 18.8 Å². The van der Waals surface area contributed by atoms with Crippen molar-refractivity contribution in [2.75, 3.05) is 40.2 Å². The van der Waals surface area contributed by atoms with E-state index in [1.165, 1.54) is 5.56 Å². The van der Waals surface area contributed by atoms with Gasteiger partial charge >= 0.3 is 0 Å². The molecule has 0 aliphatic heterocycles. The van der Waals surface area contributed by atoms with E-state index in [1.54, 1.807) is 14.2 Å². The molecule has 0 atom stereocenters. The summed E-state index contributed by atoms with van der Waals surface area (Å²) in [4.78, 5) is 2.26. The first-order chi connectivity index (χ1) is 12.0. The van der Waals surface area contributed by atoms with Gasteiger partial charge < -0.3 is 24.8 Å². The maximum atomic E-state index is 5.82. The van der Waals surface area contributed by atoms with Crippen molar-refractivity contribution in [3.63, 3.8) is 0 Å². The molecule has 0 unspecified atom stereocenters. The van der Waals surface area contributed by atoms with E-state index in [-0.39, 0.29) is 0 Å². The van der Waals surface area contributed by atoms with Gasteiger partial charge in [0.15, 0.2) is 11.5 Å². The Kier molecular flexibility index (Phi) is 6.95. The molecule has 2 N–H and O–H groups in total. The topological polar surface area (TPSA) is 57.0 Å². The molecule has 0 aromatic heterocycles. The van der Waals surface area contributed by atoms with E-state index in [2.05, 4.69) is 18.0 Å². The molecule has 0 radical (unpaired) electrons. The van der Waals surface area contributed by atoms with Gasteiger partial charge in [-0.1, -0.05) is 6.07 Å². The van der Waals surface area contributed by atoms with Crippen molar-refractivity contribution < 1.29 is 14.2 Å². The van der Waals surface area contributed by atoms with Crippen molar-refractivity contribution in [1.29, 1.82) is 0 Å². The van der Waals surface area contributed by atoms with Crippen LogP contribution in [-0.4, -0.2) is 39.3 Å². The average molecular weight is 344 g/mol. The SMILES string of the molecule is COc1ccc(CN(C)CCCOc2ccc(N)c(C)c2)cc1OC. The van der Waals surface area contributed by atoms with Gasteiger partial charge in [0.05, 0.1) is 20.8 Å². The molecule has 0 spiro atoms. The van der Waals surface area contributed by atoms with E-state index >= 15 is 0 Å². The number of anilines is 1. The number of aryl methyl sites for hydroxylation is 1. The van der Waals surface area contributed by atoms with Gasteiger partial charge in [0.2, 0.25) is 0 Å². The molecule has 5 heteroatoms. The Morgan fingerprint density at radius 3 is 2.44 bits per heavy atom. The van der Waals surface area contributed by atoms with Crippen molar-refractivity contribution in [1.82, 2.24) is 4.90 Å². The number of hydrogen-bond acceptors (Lipinski definition) is 5. The highest BCUT2D eigenvalue weighted by atomic mass is 16.5. The third kappa shape index (κ3) is 5.57. The summed E-state index contributed by atoms with van der Waals surface area (Å²) in [5.74, 6) is 2.38. The van der Waals surface area contributed by atoms with Gasteiger partial charge in [-0.2, -0.15) is 0 Å². The lowest BCUT2D eigenvalue weighted by Crippen LogP contribution is -2.20. The molecule has 136 valence electrons. The van der Waals surface area contributed by atoms with Crippen LogP contribution in [0.5, 0.6) is 17.2 Å². The molecule has 0 fully saturated rings. The fourth-order valence-electron chi connectivity index (χ4n) is 2.63. The number of hydrogen-bond donors (Lipinski definition) is 1. The smallest absolute Gasteiger partial charge is 0.161 e. The van der Waals surface area contributed by atoms with Crippen molar-refractivity contribution in [3.8, 4) is 17.2 Å². The van der Waals surface area contributed by atoms with Crippen molar-refractivity contribution in [3.05, 3.63) is 47.5 Å². The summed E-state index contributed by atoms with van der Waals surface area (Å²) in [5.41, 5.74) is 8.84. The molecule has 0 heterocycles. The summed E-state index contributed by atoms with van der Waals surface area (Å²) >= 11 is 0. The van der Waals surface area contributed by atoms with Crippen LogP contribution in [0.3, 0.4) is 0 Å². The van der Waals surface area contributed by atoms with Crippen LogP contribution in [-0.2, 0) is 6.54 Å². The van der Waals surface area contributed by atoms with Crippen LogP contribution in [0, 0.1) is 6.92 Å². The normalized spacial score (nSPS) is 10.8. The van der Waals surface area contributed by atoms with Gasteiger partial charge in [0.25, 0.3) is 0 Å². The molecular formula is C20H28N2O3. The molecule has 2 rings (SSSR count). The van der Waals surface area contributed by atoms with Crippen molar-refractivity contribution >= 4 is 5.69 Å². The van der Waals surface area contributed by atoms with E-state index in [4.69, 9.17) is 19.9 Å². The summed E-state index contributed by atoms with van der Waals surface area (Å²) in [6.45, 7) is 4.46. The summed E-state index contributed by atoms with van der Waals surface area (Å²) in [7, 11) is 5.40. The molecule has 0 bridgehead atoms. The maximum absolute atomic E-state index is 5.82. The number of rotatable bonds is 9. The van der Waals surface area contributed by atoms with E-state index < -0.39 is 0 Å². The third-order valence-corrected chi connectivity index (χ3v) is 4.09. The molecule has 0 saturated carbocycles. The van der Waals surface area contributed by atoms with Gasteiger partial charge in [-0.15, -0.1) is 0 Å². The highest BCUT2D eigenvalue weighted by Crippen LogP contribution is 2.28. The van der Waals surface area contributed by atoms with E-state index in [1.807, 2.05) is 37.3 Å². The minimum atomic E-state index is 0.680. The minimum absolute atomic E-state index is 0.680. The van der Waals surface area contributed by atoms with Crippen LogP contribution >= 0.6 is 0 Å². The lowest BCUT2D eigenvalue weighted by atomic mass is 10.2. The molecular weight excluding hydrogens is 316 g/mol. The summed E-state index contributed by atoms with van der Waals surface area (Å²) in [5, 5.41) is 0. The number of nitrogen functional groups attached to an aromatic ring is 1. The Morgan fingerprint density at radius 1 is 1.00 bits per heavy atom. The Morgan fingerprint density at radius 2 is 1.76 bits per heavy atom. The predicted octanol–water partition coefficient (Wildman–Crippen LogP) is 3.50. The molecule has 0 aliphatic rings. The molecule has 0 aliphatic carbocycles. The zero-order chi connectivity index (χ0) is 18.2. The first kappa shape index (κ1) is 18.9. The fraction of sp³-hybridized carbons (Fsp3) is 0.400. The Labute approximate surface area is 150 Å². The molecule has 25 heavy (non-hydrogen) atoms. The summed E-state index contributed by atoms with van der Waals surface area (Å²) in [6, 6.07) is 11.8. The first-order valence-corrected chi connectivity index (χ1v) is 8.42. The van der Waals surface area contributed by atoms with Crippen LogP contribution in [0.1, 0.15) is 17.5 Å². The van der Waals surface area contributed by atoms with Crippen LogP contribution in [0.4, 0.5) is 5.69 Å². The molecule has 0 saturated heterocycles. The zero-order valence-corrected chi connectivity index (χ0v) is 15.5. The van der Waals surface area contributed by atoms with Crippen molar-refractivity contribution in [2.24, 2.45) is 0 Å². The van der Waals surface area contributed by atoms with E-state index in [0.717, 1.165) is 48.0 Å².